The molecule has 1 heterocycles. The highest BCUT2D eigenvalue weighted by atomic mass is 35.5. The van der Waals surface area contributed by atoms with Crippen LogP contribution in [-0.4, -0.2) is 30.8 Å². The quantitative estimate of drug-likeness (QED) is 0.595. The Kier molecular flexibility index (Phi) is 5.29. The van der Waals surface area contributed by atoms with Gasteiger partial charge in [0.2, 0.25) is 5.89 Å². The normalized spacial score (nSPS) is 12.6. The van der Waals surface area contributed by atoms with E-state index in [-0.39, 0.29) is 21.4 Å². The smallest absolute Gasteiger partial charge is 0.340 e. The Bertz CT molecular complexity index is 1080. The highest BCUT2D eigenvalue weighted by Gasteiger charge is 2.22. The monoisotopic (exact) mass is 406 g/mol. The molecule has 3 rings (SSSR count). The van der Waals surface area contributed by atoms with E-state index in [1.165, 1.54) is 18.2 Å². The van der Waals surface area contributed by atoms with Crippen LogP contribution in [0.3, 0.4) is 0 Å². The van der Waals surface area contributed by atoms with Crippen molar-refractivity contribution >= 4 is 27.4 Å². The Morgan fingerprint density at radius 1 is 1.15 bits per heavy atom. The van der Waals surface area contributed by atoms with Gasteiger partial charge in [-0.05, 0) is 37.3 Å². The number of rotatable bonds is 5. The molecule has 0 unspecified atom stereocenters. The van der Waals surface area contributed by atoms with E-state index in [0.717, 1.165) is 11.8 Å². The van der Waals surface area contributed by atoms with Crippen molar-refractivity contribution in [1.29, 1.82) is 0 Å². The summed E-state index contributed by atoms with van der Waals surface area (Å²) in [6, 6.07) is 13.0. The zero-order valence-electron chi connectivity index (χ0n) is 14.4. The summed E-state index contributed by atoms with van der Waals surface area (Å²) >= 11 is 6.01. The van der Waals surface area contributed by atoms with Crippen molar-refractivity contribution in [2.75, 3.05) is 6.26 Å². The summed E-state index contributed by atoms with van der Waals surface area (Å²) < 4.78 is 34.2. The van der Waals surface area contributed by atoms with E-state index in [4.69, 9.17) is 20.8 Å². The second-order valence-electron chi connectivity index (χ2n) is 5.77. The molecule has 7 nitrogen and oxygen atoms in total. The molecule has 1 aromatic heterocycles. The van der Waals surface area contributed by atoms with Crippen molar-refractivity contribution < 1.29 is 22.4 Å². The summed E-state index contributed by atoms with van der Waals surface area (Å²) in [5.41, 5.74) is 0.674. The van der Waals surface area contributed by atoms with Crippen LogP contribution in [0.1, 0.15) is 29.3 Å². The maximum Gasteiger partial charge on any atom is 0.340 e. The van der Waals surface area contributed by atoms with Gasteiger partial charge in [0.05, 0.1) is 15.5 Å². The zero-order chi connectivity index (χ0) is 19.6. The number of benzene rings is 2. The number of aromatic nitrogens is 2. The van der Waals surface area contributed by atoms with Gasteiger partial charge in [-0.3, -0.25) is 0 Å². The first kappa shape index (κ1) is 19.1. The van der Waals surface area contributed by atoms with Gasteiger partial charge in [-0.15, -0.1) is 10.2 Å². The maximum atomic E-state index is 12.4. The van der Waals surface area contributed by atoms with Gasteiger partial charge in [-0.25, -0.2) is 13.2 Å². The number of carbonyl (C=O) groups is 1. The second kappa shape index (κ2) is 7.50. The van der Waals surface area contributed by atoms with Crippen LogP contribution in [0.25, 0.3) is 11.5 Å². The maximum absolute atomic E-state index is 12.4. The van der Waals surface area contributed by atoms with Crippen molar-refractivity contribution in [2.24, 2.45) is 0 Å². The van der Waals surface area contributed by atoms with E-state index in [1.54, 1.807) is 6.92 Å². The van der Waals surface area contributed by atoms with Crippen LogP contribution in [0, 0.1) is 0 Å². The molecule has 0 aliphatic heterocycles. The Morgan fingerprint density at radius 3 is 2.52 bits per heavy atom. The van der Waals surface area contributed by atoms with E-state index in [0.29, 0.717) is 5.89 Å². The molecule has 2 aromatic carbocycles. The van der Waals surface area contributed by atoms with Crippen LogP contribution in [0.5, 0.6) is 0 Å². The van der Waals surface area contributed by atoms with E-state index in [1.807, 2.05) is 30.3 Å². The van der Waals surface area contributed by atoms with Crippen LogP contribution in [0.15, 0.2) is 57.8 Å². The molecule has 140 valence electrons. The van der Waals surface area contributed by atoms with E-state index >= 15 is 0 Å². The average molecular weight is 407 g/mol. The second-order valence-corrected chi connectivity index (χ2v) is 8.20. The molecular weight excluding hydrogens is 392 g/mol. The molecule has 0 N–H and O–H groups in total. The fraction of sp³-hybridized carbons (Fsp3) is 0.167. The molecule has 0 radical (unpaired) electrons. The number of sulfone groups is 1. The van der Waals surface area contributed by atoms with Gasteiger partial charge in [0, 0.05) is 11.8 Å². The third-order valence-electron chi connectivity index (χ3n) is 3.68. The van der Waals surface area contributed by atoms with Crippen molar-refractivity contribution in [3.8, 4) is 11.5 Å². The summed E-state index contributed by atoms with van der Waals surface area (Å²) in [4.78, 5) is 12.4. The van der Waals surface area contributed by atoms with Crippen molar-refractivity contribution in [1.82, 2.24) is 10.2 Å². The lowest BCUT2D eigenvalue weighted by Gasteiger charge is -2.11. The van der Waals surface area contributed by atoms with Crippen molar-refractivity contribution in [2.45, 2.75) is 17.9 Å². The largest absolute Gasteiger partial charge is 0.449 e. The van der Waals surface area contributed by atoms with Gasteiger partial charge in [-0.1, -0.05) is 29.8 Å². The van der Waals surface area contributed by atoms with Gasteiger partial charge < -0.3 is 9.15 Å². The minimum atomic E-state index is -3.49. The Labute approximate surface area is 160 Å². The Hall–Kier alpha value is -2.71. The standard InChI is InChI=1S/C18H15ClN2O5S/c1-11(16-20-21-17(26-16)12-6-4-3-5-7-12)25-18(22)14-10-13(27(2,23)24)8-9-15(14)19/h3-11H,1-2H3/t11-/m1/s1. The molecule has 1 atom stereocenters. The summed E-state index contributed by atoms with van der Waals surface area (Å²) in [6.45, 7) is 1.56. The zero-order valence-corrected chi connectivity index (χ0v) is 16.0. The summed E-state index contributed by atoms with van der Waals surface area (Å²) in [7, 11) is -3.49. The van der Waals surface area contributed by atoms with E-state index in [2.05, 4.69) is 10.2 Å². The van der Waals surface area contributed by atoms with Crippen LogP contribution in [0.2, 0.25) is 5.02 Å². The molecule has 3 aromatic rings. The predicted molar refractivity (Wildman–Crippen MR) is 98.1 cm³/mol. The molecule has 0 amide bonds. The third-order valence-corrected chi connectivity index (χ3v) is 5.12. The number of halogens is 1. The van der Waals surface area contributed by atoms with Crippen LogP contribution < -0.4 is 0 Å². The number of ether oxygens (including phenoxy) is 1. The molecule has 0 saturated heterocycles. The number of esters is 1. The summed E-state index contributed by atoms with van der Waals surface area (Å²) in [5.74, 6) is -0.388. The predicted octanol–water partition coefficient (Wildman–Crippen LogP) is 3.71. The SMILES string of the molecule is C[C@@H](OC(=O)c1cc(S(C)(=O)=O)ccc1Cl)c1nnc(-c2ccccc2)o1. The van der Waals surface area contributed by atoms with Gasteiger partial charge >= 0.3 is 5.97 Å². The topological polar surface area (TPSA) is 99.4 Å². The van der Waals surface area contributed by atoms with Crippen molar-refractivity contribution in [3.05, 3.63) is 65.0 Å². The fourth-order valence-corrected chi connectivity index (χ4v) is 3.10. The van der Waals surface area contributed by atoms with Gasteiger partial charge in [0.15, 0.2) is 15.9 Å². The van der Waals surface area contributed by atoms with E-state index < -0.39 is 21.9 Å². The summed E-state index contributed by atoms with van der Waals surface area (Å²) in [5, 5.41) is 7.91. The highest BCUT2D eigenvalue weighted by Crippen LogP contribution is 2.26. The molecule has 0 saturated carbocycles. The molecule has 0 spiro atoms. The third kappa shape index (κ3) is 4.35. The number of carbonyl (C=O) groups excluding carboxylic acids is 1. The Balaban J connectivity index is 1.80. The number of hydrogen-bond acceptors (Lipinski definition) is 7. The molecule has 9 heteroatoms. The molecule has 0 fully saturated rings. The van der Waals surface area contributed by atoms with Crippen LogP contribution in [0.4, 0.5) is 0 Å². The first-order valence-corrected chi connectivity index (χ1v) is 10.1. The molecule has 27 heavy (non-hydrogen) atoms. The number of nitrogens with zero attached hydrogens (tertiary/aromatic N) is 2. The molecule has 0 aliphatic carbocycles. The minimum absolute atomic E-state index is 0.0318. The van der Waals surface area contributed by atoms with Crippen LogP contribution >= 0.6 is 11.6 Å². The minimum Gasteiger partial charge on any atom is -0.449 e. The fourth-order valence-electron chi connectivity index (χ4n) is 2.26. The van der Waals surface area contributed by atoms with Gasteiger partial charge in [-0.2, -0.15) is 0 Å². The molecule has 0 bridgehead atoms. The first-order valence-electron chi connectivity index (χ1n) is 7.85. The van der Waals surface area contributed by atoms with Crippen molar-refractivity contribution in [3.63, 3.8) is 0 Å². The Morgan fingerprint density at radius 2 is 1.85 bits per heavy atom. The lowest BCUT2D eigenvalue weighted by Crippen LogP contribution is -2.11. The van der Waals surface area contributed by atoms with Crippen LogP contribution in [-0.2, 0) is 14.6 Å². The first-order chi connectivity index (χ1) is 12.8. The number of hydrogen-bond donors (Lipinski definition) is 0. The van der Waals surface area contributed by atoms with Gasteiger partial charge in [0.25, 0.3) is 5.89 Å². The van der Waals surface area contributed by atoms with E-state index in [9.17, 15) is 13.2 Å². The molecular formula is C18H15ClN2O5S. The molecule has 0 aliphatic rings. The lowest BCUT2D eigenvalue weighted by molar-refractivity contribution is 0.0280. The highest BCUT2D eigenvalue weighted by molar-refractivity contribution is 7.90. The average Bonchev–Trinajstić information content (AvgIpc) is 3.12. The lowest BCUT2D eigenvalue weighted by atomic mass is 10.2. The summed E-state index contributed by atoms with van der Waals surface area (Å²) in [6.07, 6.45) is 0.192. The van der Waals surface area contributed by atoms with Gasteiger partial charge in [0.1, 0.15) is 0 Å².